The van der Waals surface area contributed by atoms with Crippen molar-refractivity contribution in [1.82, 2.24) is 4.98 Å². The van der Waals surface area contributed by atoms with E-state index in [4.69, 9.17) is 0 Å². The number of hydrogen-bond acceptors (Lipinski definition) is 5. The number of pyridine rings is 1. The molecule has 0 atom stereocenters. The molecule has 122 valence electrons. The Morgan fingerprint density at radius 2 is 2.00 bits per heavy atom. The van der Waals surface area contributed by atoms with Crippen molar-refractivity contribution < 1.29 is 19.6 Å². The molecule has 2 heterocycles. The first-order valence-electron chi connectivity index (χ1n) is 6.93. The average molecular weight is 328 g/mol. The van der Waals surface area contributed by atoms with Crippen molar-refractivity contribution in [3.63, 3.8) is 0 Å². The number of aryl methyl sites for hydroxylation is 1. The second-order valence-corrected chi connectivity index (χ2v) is 5.23. The van der Waals surface area contributed by atoms with Gasteiger partial charge in [0.1, 0.15) is 6.54 Å². The molecule has 0 unspecified atom stereocenters. The molecule has 2 aromatic rings. The van der Waals surface area contributed by atoms with E-state index in [9.17, 15) is 24.8 Å². The number of rotatable bonds is 2. The number of non-ortho nitro benzene ring substituents is 1. The lowest BCUT2D eigenvalue weighted by molar-refractivity contribution is -0.384. The first kappa shape index (κ1) is 15.4. The minimum Gasteiger partial charge on any atom is -0.465 e. The summed E-state index contributed by atoms with van der Waals surface area (Å²) in [6.45, 7) is 1.39. The molecule has 0 aliphatic carbocycles. The fraction of sp³-hybridized carbons (Fsp3) is 0.133. The molecule has 1 N–H and O–H groups in total. The van der Waals surface area contributed by atoms with Gasteiger partial charge in [0.2, 0.25) is 0 Å². The Bertz CT molecular complexity index is 849. The van der Waals surface area contributed by atoms with Crippen molar-refractivity contribution in [2.75, 3.05) is 16.3 Å². The van der Waals surface area contributed by atoms with Gasteiger partial charge in [-0.05, 0) is 30.7 Å². The Balaban J connectivity index is 2.12. The van der Waals surface area contributed by atoms with Crippen molar-refractivity contribution in [2.45, 2.75) is 6.92 Å². The largest absolute Gasteiger partial charge is 0.465 e. The number of nitro benzene ring substituents is 1. The van der Waals surface area contributed by atoms with Crippen molar-refractivity contribution in [3.8, 4) is 0 Å². The number of carboxylic acid groups (broad SMARTS) is 1. The number of anilines is 3. The topological polar surface area (TPSA) is 117 Å². The first-order valence-corrected chi connectivity index (χ1v) is 6.93. The minimum atomic E-state index is -1.27. The molecule has 24 heavy (non-hydrogen) atoms. The van der Waals surface area contributed by atoms with Gasteiger partial charge < -0.3 is 5.11 Å². The molecular weight excluding hydrogens is 316 g/mol. The predicted octanol–water partition coefficient (Wildman–Crippen LogP) is 2.46. The van der Waals surface area contributed by atoms with Crippen LogP contribution in [0.3, 0.4) is 0 Å². The molecule has 3 rings (SSSR count). The van der Waals surface area contributed by atoms with Gasteiger partial charge in [-0.1, -0.05) is 0 Å². The minimum absolute atomic E-state index is 0.0991. The highest BCUT2D eigenvalue weighted by molar-refractivity contribution is 6.12. The number of nitrogens with zero attached hydrogens (tertiary/aromatic N) is 4. The molecule has 0 bridgehead atoms. The summed E-state index contributed by atoms with van der Waals surface area (Å²) < 4.78 is 0. The van der Waals surface area contributed by atoms with Crippen molar-refractivity contribution >= 4 is 34.9 Å². The average Bonchev–Trinajstić information content (AvgIpc) is 2.54. The Kier molecular flexibility index (Phi) is 3.60. The monoisotopic (exact) mass is 328 g/mol. The standard InChI is InChI=1S/C15H12N4O5/c1-9-6-12-14(16-7-9)17(15(21)22)8-13(20)18(12)10-2-4-11(5-3-10)19(23)24/h2-7H,8H2,1H3,(H,21,22). The van der Waals surface area contributed by atoms with Gasteiger partial charge in [-0.25, -0.2) is 9.78 Å². The number of fused-ring (bicyclic) bond motifs is 1. The molecule has 1 aliphatic heterocycles. The number of carbonyl (C=O) groups is 2. The Labute approximate surface area is 135 Å². The van der Waals surface area contributed by atoms with Gasteiger partial charge in [-0.15, -0.1) is 0 Å². The van der Waals surface area contributed by atoms with E-state index in [1.54, 1.807) is 13.0 Å². The fourth-order valence-electron chi connectivity index (χ4n) is 2.50. The predicted molar refractivity (Wildman–Crippen MR) is 84.6 cm³/mol. The zero-order valence-corrected chi connectivity index (χ0v) is 12.5. The van der Waals surface area contributed by atoms with Crippen LogP contribution >= 0.6 is 0 Å². The normalized spacial score (nSPS) is 13.6. The van der Waals surface area contributed by atoms with E-state index in [0.29, 0.717) is 11.4 Å². The van der Waals surface area contributed by atoms with Crippen LogP contribution in [0.4, 0.5) is 27.7 Å². The van der Waals surface area contributed by atoms with Crippen LogP contribution in [0.15, 0.2) is 36.5 Å². The van der Waals surface area contributed by atoms with E-state index in [1.807, 2.05) is 0 Å². The van der Waals surface area contributed by atoms with Crippen LogP contribution in [0.2, 0.25) is 0 Å². The molecule has 0 saturated heterocycles. The lowest BCUT2D eigenvalue weighted by atomic mass is 10.1. The van der Waals surface area contributed by atoms with Gasteiger partial charge >= 0.3 is 6.09 Å². The molecule has 0 radical (unpaired) electrons. The second-order valence-electron chi connectivity index (χ2n) is 5.23. The van der Waals surface area contributed by atoms with E-state index >= 15 is 0 Å². The highest BCUT2D eigenvalue weighted by Crippen LogP contribution is 2.37. The number of aromatic nitrogens is 1. The number of benzene rings is 1. The summed E-state index contributed by atoms with van der Waals surface area (Å²) in [5.74, 6) is -0.322. The number of amides is 2. The van der Waals surface area contributed by atoms with E-state index in [-0.39, 0.29) is 18.1 Å². The lowest BCUT2D eigenvalue weighted by Gasteiger charge is -2.33. The zero-order valence-electron chi connectivity index (χ0n) is 12.5. The third-order valence-corrected chi connectivity index (χ3v) is 3.57. The molecule has 9 nitrogen and oxygen atoms in total. The van der Waals surface area contributed by atoms with Crippen molar-refractivity contribution in [1.29, 1.82) is 0 Å². The summed E-state index contributed by atoms with van der Waals surface area (Å²) in [4.78, 5) is 40.3. The summed E-state index contributed by atoms with van der Waals surface area (Å²) in [6.07, 6.45) is 0.239. The van der Waals surface area contributed by atoms with Crippen LogP contribution in [-0.2, 0) is 4.79 Å². The van der Waals surface area contributed by atoms with Crippen LogP contribution in [-0.4, -0.2) is 33.6 Å². The maximum Gasteiger partial charge on any atom is 0.413 e. The highest BCUT2D eigenvalue weighted by Gasteiger charge is 2.34. The van der Waals surface area contributed by atoms with Crippen LogP contribution in [0, 0.1) is 17.0 Å². The van der Waals surface area contributed by atoms with Gasteiger partial charge in [0.05, 0.1) is 10.6 Å². The molecular formula is C15H12N4O5. The molecule has 0 saturated carbocycles. The quantitative estimate of drug-likeness (QED) is 0.668. The summed E-state index contributed by atoms with van der Waals surface area (Å²) >= 11 is 0. The number of hydrogen-bond donors (Lipinski definition) is 1. The van der Waals surface area contributed by atoms with Crippen LogP contribution < -0.4 is 9.80 Å². The van der Waals surface area contributed by atoms with E-state index in [1.165, 1.54) is 35.4 Å². The van der Waals surface area contributed by atoms with E-state index < -0.39 is 16.9 Å². The van der Waals surface area contributed by atoms with Crippen molar-refractivity contribution in [2.24, 2.45) is 0 Å². The molecule has 0 spiro atoms. The highest BCUT2D eigenvalue weighted by atomic mass is 16.6. The Hall–Kier alpha value is -3.49. The second kappa shape index (κ2) is 5.61. The lowest BCUT2D eigenvalue weighted by Crippen LogP contribution is -2.46. The van der Waals surface area contributed by atoms with Crippen molar-refractivity contribution in [3.05, 3.63) is 52.2 Å². The molecule has 1 aromatic carbocycles. The first-order chi connectivity index (χ1) is 11.4. The third kappa shape index (κ3) is 2.51. The van der Waals surface area contributed by atoms with Crippen LogP contribution in [0.1, 0.15) is 5.56 Å². The van der Waals surface area contributed by atoms with Gasteiger partial charge in [-0.3, -0.25) is 24.7 Å². The van der Waals surface area contributed by atoms with Gasteiger partial charge in [0, 0.05) is 24.0 Å². The maximum atomic E-state index is 12.5. The van der Waals surface area contributed by atoms with Crippen LogP contribution in [0.5, 0.6) is 0 Å². The number of nitro groups is 1. The summed E-state index contributed by atoms with van der Waals surface area (Å²) in [5, 5.41) is 20.0. The molecule has 1 aromatic heterocycles. The smallest absolute Gasteiger partial charge is 0.413 e. The maximum absolute atomic E-state index is 12.5. The molecule has 1 aliphatic rings. The fourth-order valence-corrected chi connectivity index (χ4v) is 2.50. The van der Waals surface area contributed by atoms with Gasteiger partial charge in [0.25, 0.3) is 11.6 Å². The number of carbonyl (C=O) groups excluding carboxylic acids is 1. The summed E-state index contributed by atoms with van der Waals surface area (Å²) in [5.41, 5.74) is 1.38. The van der Waals surface area contributed by atoms with Gasteiger partial charge in [-0.2, -0.15) is 0 Å². The SMILES string of the molecule is Cc1cnc2c(c1)N(c1ccc([N+](=O)[O-])cc1)C(=O)CN2C(=O)O. The van der Waals surface area contributed by atoms with Crippen LogP contribution in [0.25, 0.3) is 0 Å². The molecule has 9 heteroatoms. The Morgan fingerprint density at radius 3 is 2.58 bits per heavy atom. The summed E-state index contributed by atoms with van der Waals surface area (Å²) in [6, 6.07) is 7.11. The van der Waals surface area contributed by atoms with E-state index in [0.717, 1.165) is 10.5 Å². The zero-order chi connectivity index (χ0) is 17.4. The molecule has 2 amide bonds. The van der Waals surface area contributed by atoms with Gasteiger partial charge in [0.15, 0.2) is 5.82 Å². The Morgan fingerprint density at radius 1 is 1.33 bits per heavy atom. The molecule has 0 fully saturated rings. The van der Waals surface area contributed by atoms with E-state index in [2.05, 4.69) is 4.98 Å². The summed E-state index contributed by atoms with van der Waals surface area (Å²) in [7, 11) is 0. The third-order valence-electron chi connectivity index (χ3n) is 3.57.